The van der Waals surface area contributed by atoms with E-state index >= 15 is 0 Å². The number of halogens is 3. The Hall–Kier alpha value is -0.680. The standard InChI is InChI=1S/C16H22Cl2N2O2.ClH/c1-11(22-15-5-4-13(17)9-14(15)18)16(21)20-8-6-12-3-2-7-19-10-12;/h4-5,9,11-12,19H,2-3,6-8,10H2,1H3,(H,20,21);1H. The number of nitrogens with one attached hydrogen (secondary N) is 2. The van der Waals surface area contributed by atoms with Gasteiger partial charge in [0.25, 0.3) is 5.91 Å². The van der Waals surface area contributed by atoms with Crippen LogP contribution < -0.4 is 15.4 Å². The zero-order valence-electron chi connectivity index (χ0n) is 13.1. The Kier molecular flexibility index (Phi) is 9.07. The normalized spacial score (nSPS) is 18.7. The first-order valence-electron chi connectivity index (χ1n) is 7.66. The molecule has 1 aliphatic heterocycles. The lowest BCUT2D eigenvalue weighted by molar-refractivity contribution is -0.127. The molecule has 0 saturated carbocycles. The van der Waals surface area contributed by atoms with E-state index in [0.717, 1.165) is 19.5 Å². The van der Waals surface area contributed by atoms with Gasteiger partial charge in [-0.05, 0) is 63.4 Å². The summed E-state index contributed by atoms with van der Waals surface area (Å²) in [4.78, 5) is 12.0. The zero-order chi connectivity index (χ0) is 15.9. The smallest absolute Gasteiger partial charge is 0.260 e. The number of ether oxygens (including phenoxy) is 1. The van der Waals surface area contributed by atoms with E-state index in [2.05, 4.69) is 10.6 Å². The van der Waals surface area contributed by atoms with Gasteiger partial charge in [0.1, 0.15) is 5.75 Å². The summed E-state index contributed by atoms with van der Waals surface area (Å²) in [5.41, 5.74) is 0. The number of piperidine rings is 1. The average molecular weight is 382 g/mol. The van der Waals surface area contributed by atoms with Crippen LogP contribution in [0.1, 0.15) is 26.2 Å². The maximum Gasteiger partial charge on any atom is 0.260 e. The van der Waals surface area contributed by atoms with E-state index in [1.165, 1.54) is 12.8 Å². The number of hydrogen-bond acceptors (Lipinski definition) is 3. The highest BCUT2D eigenvalue weighted by molar-refractivity contribution is 6.35. The predicted octanol–water partition coefficient (Wildman–Crippen LogP) is 3.69. The topological polar surface area (TPSA) is 50.4 Å². The molecule has 1 aromatic carbocycles. The molecule has 0 spiro atoms. The van der Waals surface area contributed by atoms with Gasteiger partial charge in [0.2, 0.25) is 0 Å². The molecule has 0 aliphatic carbocycles. The van der Waals surface area contributed by atoms with Crippen molar-refractivity contribution in [1.82, 2.24) is 10.6 Å². The van der Waals surface area contributed by atoms with E-state index in [1.807, 2.05) is 0 Å². The molecule has 2 atom stereocenters. The minimum absolute atomic E-state index is 0. The summed E-state index contributed by atoms with van der Waals surface area (Å²) in [5.74, 6) is 0.982. The number of rotatable bonds is 6. The van der Waals surface area contributed by atoms with Gasteiger partial charge in [0.05, 0.1) is 5.02 Å². The largest absolute Gasteiger partial charge is 0.479 e. The number of hydrogen-bond donors (Lipinski definition) is 2. The Morgan fingerprint density at radius 3 is 2.91 bits per heavy atom. The van der Waals surface area contributed by atoms with Gasteiger partial charge in [-0.2, -0.15) is 0 Å². The van der Waals surface area contributed by atoms with Crippen LogP contribution in [0.2, 0.25) is 10.0 Å². The van der Waals surface area contributed by atoms with Crippen molar-refractivity contribution in [3.63, 3.8) is 0 Å². The van der Waals surface area contributed by atoms with Crippen LogP contribution in [0.25, 0.3) is 0 Å². The second kappa shape index (κ2) is 10.2. The monoisotopic (exact) mass is 380 g/mol. The van der Waals surface area contributed by atoms with Crippen molar-refractivity contribution in [1.29, 1.82) is 0 Å². The average Bonchev–Trinajstić information content (AvgIpc) is 2.51. The molecular weight excluding hydrogens is 359 g/mol. The van der Waals surface area contributed by atoms with Crippen LogP contribution in [0.5, 0.6) is 5.75 Å². The van der Waals surface area contributed by atoms with E-state index in [9.17, 15) is 4.79 Å². The highest BCUT2D eigenvalue weighted by Gasteiger charge is 2.17. The molecule has 1 aliphatic rings. The number of carbonyl (C=O) groups excluding carboxylic acids is 1. The Balaban J connectivity index is 0.00000264. The first-order chi connectivity index (χ1) is 10.6. The third kappa shape index (κ3) is 6.76. The maximum absolute atomic E-state index is 12.0. The predicted molar refractivity (Wildman–Crippen MR) is 97.0 cm³/mol. The van der Waals surface area contributed by atoms with Crippen molar-refractivity contribution in [2.24, 2.45) is 5.92 Å². The van der Waals surface area contributed by atoms with Gasteiger partial charge in [-0.1, -0.05) is 23.2 Å². The lowest BCUT2D eigenvalue weighted by atomic mass is 9.96. The molecule has 1 heterocycles. The number of benzene rings is 1. The highest BCUT2D eigenvalue weighted by Crippen LogP contribution is 2.28. The molecule has 1 saturated heterocycles. The quantitative estimate of drug-likeness (QED) is 0.790. The van der Waals surface area contributed by atoms with Gasteiger partial charge in [-0.3, -0.25) is 4.79 Å². The van der Waals surface area contributed by atoms with Crippen LogP contribution in [-0.4, -0.2) is 31.6 Å². The van der Waals surface area contributed by atoms with Crippen LogP contribution in [0.3, 0.4) is 0 Å². The first-order valence-corrected chi connectivity index (χ1v) is 8.42. The molecule has 4 nitrogen and oxygen atoms in total. The van der Waals surface area contributed by atoms with Crippen molar-refractivity contribution in [3.8, 4) is 5.75 Å². The molecule has 0 aromatic heterocycles. The Morgan fingerprint density at radius 1 is 1.48 bits per heavy atom. The molecule has 7 heteroatoms. The van der Waals surface area contributed by atoms with Crippen LogP contribution in [0.15, 0.2) is 18.2 Å². The van der Waals surface area contributed by atoms with Gasteiger partial charge < -0.3 is 15.4 Å². The van der Waals surface area contributed by atoms with Gasteiger partial charge in [-0.25, -0.2) is 0 Å². The number of amides is 1. The molecule has 2 rings (SSSR count). The van der Waals surface area contributed by atoms with Crippen molar-refractivity contribution in [2.75, 3.05) is 19.6 Å². The fourth-order valence-corrected chi connectivity index (χ4v) is 2.98. The summed E-state index contributed by atoms with van der Waals surface area (Å²) < 4.78 is 5.59. The minimum atomic E-state index is -0.594. The van der Waals surface area contributed by atoms with Crippen LogP contribution in [-0.2, 0) is 4.79 Å². The molecule has 2 N–H and O–H groups in total. The van der Waals surface area contributed by atoms with Crippen LogP contribution in [0, 0.1) is 5.92 Å². The second-order valence-electron chi connectivity index (χ2n) is 5.63. The zero-order valence-corrected chi connectivity index (χ0v) is 15.4. The van der Waals surface area contributed by atoms with Gasteiger partial charge in [0, 0.05) is 11.6 Å². The summed E-state index contributed by atoms with van der Waals surface area (Å²) in [5, 5.41) is 7.24. The summed E-state index contributed by atoms with van der Waals surface area (Å²) in [6.45, 7) is 4.54. The fourth-order valence-electron chi connectivity index (χ4n) is 2.53. The summed E-state index contributed by atoms with van der Waals surface area (Å²) >= 11 is 11.9. The molecule has 1 aromatic rings. The minimum Gasteiger partial charge on any atom is -0.479 e. The van der Waals surface area contributed by atoms with Crippen molar-refractivity contribution >= 4 is 41.5 Å². The molecule has 1 fully saturated rings. The van der Waals surface area contributed by atoms with E-state index < -0.39 is 6.10 Å². The lowest BCUT2D eigenvalue weighted by Crippen LogP contribution is -2.38. The molecule has 23 heavy (non-hydrogen) atoms. The fraction of sp³-hybridized carbons (Fsp3) is 0.562. The first kappa shape index (κ1) is 20.4. The maximum atomic E-state index is 12.0. The summed E-state index contributed by atoms with van der Waals surface area (Å²) in [6.07, 6.45) is 2.85. The summed E-state index contributed by atoms with van der Waals surface area (Å²) in [7, 11) is 0. The van der Waals surface area contributed by atoms with Crippen molar-refractivity contribution < 1.29 is 9.53 Å². The summed E-state index contributed by atoms with van der Waals surface area (Å²) in [6, 6.07) is 4.95. The number of carbonyl (C=O) groups is 1. The third-order valence-electron chi connectivity index (χ3n) is 3.82. The van der Waals surface area contributed by atoms with E-state index in [-0.39, 0.29) is 18.3 Å². The molecule has 2 unspecified atom stereocenters. The van der Waals surface area contributed by atoms with Crippen molar-refractivity contribution in [3.05, 3.63) is 28.2 Å². The van der Waals surface area contributed by atoms with Gasteiger partial charge >= 0.3 is 0 Å². The second-order valence-corrected chi connectivity index (χ2v) is 6.47. The molecule has 1 amide bonds. The van der Waals surface area contributed by atoms with E-state index in [0.29, 0.717) is 28.3 Å². The molecule has 130 valence electrons. The third-order valence-corrected chi connectivity index (χ3v) is 4.35. The van der Waals surface area contributed by atoms with Crippen molar-refractivity contribution in [2.45, 2.75) is 32.3 Å². The SMILES string of the molecule is CC(Oc1ccc(Cl)cc1Cl)C(=O)NCCC1CCCNC1.Cl. The molecular formula is C16H23Cl3N2O2. The Labute approximate surface area is 153 Å². The lowest BCUT2D eigenvalue weighted by Gasteiger charge is -2.23. The van der Waals surface area contributed by atoms with Gasteiger partial charge in [-0.15, -0.1) is 12.4 Å². The van der Waals surface area contributed by atoms with E-state index in [4.69, 9.17) is 27.9 Å². The van der Waals surface area contributed by atoms with E-state index in [1.54, 1.807) is 25.1 Å². The Bertz CT molecular complexity index is 508. The molecule has 0 radical (unpaired) electrons. The van der Waals surface area contributed by atoms with Crippen LogP contribution in [0.4, 0.5) is 0 Å². The van der Waals surface area contributed by atoms with Crippen LogP contribution >= 0.6 is 35.6 Å². The molecule has 0 bridgehead atoms. The highest BCUT2D eigenvalue weighted by atomic mass is 35.5. The Morgan fingerprint density at radius 2 is 2.26 bits per heavy atom. The van der Waals surface area contributed by atoms with Gasteiger partial charge in [0.15, 0.2) is 6.10 Å².